The Balaban J connectivity index is 0.000000310. The van der Waals surface area contributed by atoms with Crippen LogP contribution in [0.4, 0.5) is 5.69 Å². The van der Waals surface area contributed by atoms with Crippen LogP contribution >= 0.6 is 15.9 Å². The maximum Gasteiger partial charge on any atom is 0.385 e. The molecule has 0 unspecified atom stereocenters. The van der Waals surface area contributed by atoms with Gasteiger partial charge in [0.05, 0.1) is 0 Å². The number of hydrogen-bond donors (Lipinski definition) is 0. The summed E-state index contributed by atoms with van der Waals surface area (Å²) in [6, 6.07) is 7.05. The predicted octanol–water partition coefficient (Wildman–Crippen LogP) is 1.69. The monoisotopic (exact) mass is 242 g/mol. The molecule has 1 aromatic rings. The molecule has 1 aromatic carbocycles. The summed E-state index contributed by atoms with van der Waals surface area (Å²) in [5.74, 6) is -1.08. The number of halogens is 1. The van der Waals surface area contributed by atoms with Gasteiger partial charge in [0.1, 0.15) is 0 Å². The van der Waals surface area contributed by atoms with Crippen LogP contribution < -0.4 is 5.11 Å². The van der Waals surface area contributed by atoms with Crippen molar-refractivity contribution in [3.8, 4) is 0 Å². The molecule has 0 spiro atoms. The van der Waals surface area contributed by atoms with Crippen molar-refractivity contribution in [2.24, 2.45) is 0 Å². The van der Waals surface area contributed by atoms with E-state index in [4.69, 9.17) is 15.3 Å². The lowest BCUT2D eigenvalue weighted by atomic mass is 10.3. The number of carboxylic acids is 1. The zero-order valence-corrected chi connectivity index (χ0v) is 8.48. The van der Waals surface area contributed by atoms with Crippen molar-refractivity contribution in [1.82, 2.24) is 0 Å². The highest BCUT2D eigenvalue weighted by Gasteiger charge is 1.99. The van der Waals surface area contributed by atoms with Gasteiger partial charge in [-0.15, -0.1) is 0 Å². The minimum absolute atomic E-state index is 0.568. The average Bonchev–Trinajstić information content (AvgIpc) is 2.05. The van der Waals surface area contributed by atoms with Gasteiger partial charge in [0, 0.05) is 22.6 Å². The minimum atomic E-state index is -1.08. The number of hydrogen-bond acceptors (Lipinski definition) is 3. The molecule has 1 rings (SSSR count). The number of carbonyl (C=O) groups is 1. The van der Waals surface area contributed by atoms with Gasteiger partial charge in [-0.3, -0.25) is 0 Å². The Morgan fingerprint density at radius 1 is 1.46 bits per heavy atom. The Kier molecular flexibility index (Phi) is 5.48. The topological polar surface area (TPSA) is 68.3 Å². The number of nitrogens with zero attached hydrogens (tertiary/aromatic N) is 2. The molecule has 4 nitrogen and oxygen atoms in total. The molecule has 0 atom stereocenters. The molecule has 0 aliphatic heterocycles. The third-order valence-corrected chi connectivity index (χ3v) is 1.47. The van der Waals surface area contributed by atoms with Gasteiger partial charge < -0.3 is 9.90 Å². The Labute approximate surface area is 84.0 Å². The van der Waals surface area contributed by atoms with Gasteiger partial charge in [-0.1, -0.05) is 15.9 Å². The number of carboxylic acid groups (broad SMARTS) is 1. The average molecular weight is 243 g/mol. The largest absolute Gasteiger partial charge is 0.550 e. The molecule has 0 fully saturated rings. The van der Waals surface area contributed by atoms with Crippen molar-refractivity contribution in [1.29, 1.82) is 5.39 Å². The summed E-state index contributed by atoms with van der Waals surface area (Å²) in [5, 5.41) is 17.1. The highest BCUT2D eigenvalue weighted by atomic mass is 79.9. The molecule has 0 aromatic heterocycles. The molecule has 0 aliphatic carbocycles. The molecule has 0 heterocycles. The van der Waals surface area contributed by atoms with Crippen LogP contribution in [-0.4, -0.2) is 5.97 Å². The number of benzene rings is 1. The summed E-state index contributed by atoms with van der Waals surface area (Å²) in [4.78, 5) is 11.9. The molecule has 0 saturated carbocycles. The van der Waals surface area contributed by atoms with E-state index in [9.17, 15) is 0 Å². The second kappa shape index (κ2) is 6.14. The van der Waals surface area contributed by atoms with E-state index in [-0.39, 0.29) is 0 Å². The van der Waals surface area contributed by atoms with E-state index in [1.165, 1.54) is 0 Å². The van der Waals surface area contributed by atoms with Crippen molar-refractivity contribution in [2.75, 3.05) is 0 Å². The SMILES string of the molecule is CC(=O)[O-].N#[N+]c1ccc(Br)cc1. The standard InChI is InChI=1S/C6H4BrN2.C2H4O2/c7-5-1-3-6(9-8)4-2-5;1-2(3)4/h1-4H;1H3,(H,3,4)/q+1;/p-1. The maximum absolute atomic E-state index is 8.89. The number of aliphatic carboxylic acids is 1. The van der Waals surface area contributed by atoms with Gasteiger partial charge in [0.2, 0.25) is 5.39 Å². The van der Waals surface area contributed by atoms with E-state index in [0.717, 1.165) is 11.4 Å². The van der Waals surface area contributed by atoms with Crippen LogP contribution in [0.5, 0.6) is 0 Å². The Morgan fingerprint density at radius 2 is 1.85 bits per heavy atom. The molecule has 0 aliphatic rings. The minimum Gasteiger partial charge on any atom is -0.550 e. The highest BCUT2D eigenvalue weighted by Crippen LogP contribution is 2.15. The lowest BCUT2D eigenvalue weighted by Crippen LogP contribution is -2.16. The quantitative estimate of drug-likeness (QED) is 0.651. The summed E-state index contributed by atoms with van der Waals surface area (Å²) in [5.41, 5.74) is 0.568. The van der Waals surface area contributed by atoms with Gasteiger partial charge in [-0.25, -0.2) is 0 Å². The molecule has 5 heteroatoms. The lowest BCUT2D eigenvalue weighted by Gasteiger charge is -1.79. The Hall–Kier alpha value is -1.41. The van der Waals surface area contributed by atoms with Gasteiger partial charge in [-0.2, -0.15) is 0 Å². The molecule has 0 N–H and O–H groups in total. The first-order chi connectivity index (χ1) is 6.06. The van der Waals surface area contributed by atoms with Crippen LogP contribution in [-0.2, 0) is 4.79 Å². The lowest BCUT2D eigenvalue weighted by molar-refractivity contribution is -0.302. The second-order valence-corrected chi connectivity index (χ2v) is 2.98. The number of diazo groups is 1. The van der Waals surface area contributed by atoms with Crippen molar-refractivity contribution < 1.29 is 9.90 Å². The van der Waals surface area contributed by atoms with Crippen molar-refractivity contribution in [2.45, 2.75) is 6.92 Å². The third-order valence-electron chi connectivity index (χ3n) is 0.942. The van der Waals surface area contributed by atoms with Gasteiger partial charge in [-0.05, 0) is 19.1 Å². The first-order valence-corrected chi connectivity index (χ1v) is 4.14. The van der Waals surface area contributed by atoms with Gasteiger partial charge in [0.15, 0.2) is 4.98 Å². The van der Waals surface area contributed by atoms with Crippen molar-refractivity contribution in [3.63, 3.8) is 0 Å². The molecule has 0 radical (unpaired) electrons. The highest BCUT2D eigenvalue weighted by molar-refractivity contribution is 9.10. The van der Waals surface area contributed by atoms with Crippen molar-refractivity contribution in [3.05, 3.63) is 33.7 Å². The van der Waals surface area contributed by atoms with Gasteiger partial charge >= 0.3 is 5.69 Å². The molecule has 0 amide bonds. The fourth-order valence-corrected chi connectivity index (χ4v) is 0.772. The van der Waals surface area contributed by atoms with E-state index in [2.05, 4.69) is 20.9 Å². The van der Waals surface area contributed by atoms with Crippen LogP contribution in [0.3, 0.4) is 0 Å². The normalized spacial score (nSPS) is 7.77. The summed E-state index contributed by atoms with van der Waals surface area (Å²) in [6.07, 6.45) is 0. The van der Waals surface area contributed by atoms with Crippen LogP contribution in [0.15, 0.2) is 28.7 Å². The van der Waals surface area contributed by atoms with Gasteiger partial charge in [0.25, 0.3) is 0 Å². The van der Waals surface area contributed by atoms with E-state index in [1.54, 1.807) is 12.1 Å². The first-order valence-electron chi connectivity index (χ1n) is 3.34. The van der Waals surface area contributed by atoms with Crippen LogP contribution in [0.1, 0.15) is 6.92 Å². The smallest absolute Gasteiger partial charge is 0.385 e. The van der Waals surface area contributed by atoms with Crippen LogP contribution in [0.2, 0.25) is 0 Å². The molecule has 13 heavy (non-hydrogen) atoms. The maximum atomic E-state index is 8.89. The summed E-state index contributed by atoms with van der Waals surface area (Å²) in [6.45, 7) is 0.972. The number of rotatable bonds is 0. The molecule has 68 valence electrons. The Morgan fingerprint density at radius 3 is 2.15 bits per heavy atom. The molecular weight excluding hydrogens is 236 g/mol. The predicted molar refractivity (Wildman–Crippen MR) is 49.6 cm³/mol. The Bertz CT molecular complexity index is 312. The summed E-state index contributed by atoms with van der Waals surface area (Å²) in [7, 11) is 0. The van der Waals surface area contributed by atoms with Crippen molar-refractivity contribution >= 4 is 27.6 Å². The van der Waals surface area contributed by atoms with E-state index in [1.807, 2.05) is 12.1 Å². The number of carbonyl (C=O) groups excluding carboxylic acids is 1. The summed E-state index contributed by atoms with van der Waals surface area (Å²) < 4.78 is 0.981. The van der Waals surface area contributed by atoms with E-state index >= 15 is 0 Å². The zero-order chi connectivity index (χ0) is 10.3. The van der Waals surface area contributed by atoms with E-state index < -0.39 is 5.97 Å². The molecule has 0 saturated heterocycles. The third kappa shape index (κ3) is 6.97. The first kappa shape index (κ1) is 11.6. The molecule has 0 bridgehead atoms. The molecular formula is C8H7BrN2O2. The fourth-order valence-electron chi connectivity index (χ4n) is 0.508. The second-order valence-electron chi connectivity index (χ2n) is 2.07. The van der Waals surface area contributed by atoms with Crippen LogP contribution in [0.25, 0.3) is 4.98 Å². The zero-order valence-electron chi connectivity index (χ0n) is 6.90. The van der Waals surface area contributed by atoms with E-state index in [0.29, 0.717) is 5.69 Å². The summed E-state index contributed by atoms with van der Waals surface area (Å²) >= 11 is 3.25. The van der Waals surface area contributed by atoms with Crippen LogP contribution in [0, 0.1) is 5.39 Å². The fraction of sp³-hybridized carbons (Fsp3) is 0.125.